The van der Waals surface area contributed by atoms with Crippen molar-refractivity contribution in [1.29, 1.82) is 0 Å². The van der Waals surface area contributed by atoms with Crippen molar-refractivity contribution in [3.8, 4) is 0 Å². The molecule has 0 aromatic heterocycles. The molecule has 0 aliphatic carbocycles. The Morgan fingerprint density at radius 3 is 1.25 bits per heavy atom. The summed E-state index contributed by atoms with van der Waals surface area (Å²) in [6.07, 6.45) is 0. The van der Waals surface area contributed by atoms with E-state index >= 15 is 0 Å². The molecule has 0 rings (SSSR count). The standard InChI is InChI=1S/Bi.Er.Mo.O. The molecule has 0 N–H and O–H groups in total. The van der Waals surface area contributed by atoms with Crippen LogP contribution in [0, 0.1) is 37.3 Å². The van der Waals surface area contributed by atoms with Gasteiger partial charge in [0, 0.05) is 63.5 Å². The third kappa shape index (κ3) is 8.82. The number of rotatable bonds is 0. The van der Waals surface area contributed by atoms with Crippen LogP contribution < -0.4 is 0 Å². The molecule has 1 nitrogen and oxygen atoms in total. The van der Waals surface area contributed by atoms with Crippen molar-refractivity contribution >= 4 is 26.2 Å². The summed E-state index contributed by atoms with van der Waals surface area (Å²) in [6.45, 7) is 0. The molecule has 0 aliphatic heterocycles. The van der Waals surface area contributed by atoms with Crippen LogP contribution in [-0.2, 0) is 23.2 Å². The fourth-order valence-corrected chi connectivity index (χ4v) is 0. The molecule has 0 aromatic rings. The van der Waals surface area contributed by atoms with Gasteiger partial charge in [0.15, 0.2) is 0 Å². The van der Waals surface area contributed by atoms with Gasteiger partial charge in [0.2, 0.25) is 0 Å². The van der Waals surface area contributed by atoms with E-state index < -0.39 is 0 Å². The maximum atomic E-state index is 8.26. The van der Waals surface area contributed by atoms with Gasteiger partial charge in [-0.1, -0.05) is 0 Å². The van der Waals surface area contributed by atoms with E-state index in [1.807, 2.05) is 0 Å². The summed E-state index contributed by atoms with van der Waals surface area (Å²) in [5.41, 5.74) is 0. The Morgan fingerprint density at radius 1 is 1.25 bits per heavy atom. The average Bonchev–Trinajstić information content (AvgIpc) is 1.00. The topological polar surface area (TPSA) is 17.1 Å². The van der Waals surface area contributed by atoms with Crippen LogP contribution in [0.3, 0.4) is 0 Å². The Hall–Kier alpha value is 2.62. The Balaban J connectivity index is -0.00000000500. The number of hydrogen-bond acceptors (Lipinski definition) is 1. The quantitative estimate of drug-likeness (QED) is 0.421. The van der Waals surface area contributed by atoms with Crippen LogP contribution >= 0.6 is 0 Å². The summed E-state index contributed by atoms with van der Waals surface area (Å²) in [5, 5.41) is 0. The maximum absolute atomic E-state index is 8.26. The van der Waals surface area contributed by atoms with Gasteiger partial charge in [-0.3, -0.25) is 0 Å². The van der Waals surface area contributed by atoms with Crippen LogP contribution in [0.25, 0.3) is 0 Å². The third-order valence-corrected chi connectivity index (χ3v) is 0. The second-order valence-corrected chi connectivity index (χ2v) is 0. The van der Waals surface area contributed by atoms with Gasteiger partial charge in [0.1, 0.15) is 0 Å². The molecule has 3 radical (unpaired) electrons. The third-order valence-electron chi connectivity index (χ3n) is 0. The first-order valence-corrected chi connectivity index (χ1v) is 0.986. The van der Waals surface area contributed by atoms with Crippen LogP contribution in [0.2, 0.25) is 0 Å². The van der Waals surface area contributed by atoms with Crippen LogP contribution in [0.15, 0.2) is 0 Å². The fourth-order valence-electron chi connectivity index (χ4n) is 0. The summed E-state index contributed by atoms with van der Waals surface area (Å²) in [7, 11) is 0. The Kier molecular flexibility index (Phi) is 69.7. The first-order chi connectivity index (χ1) is 1.00. The van der Waals surface area contributed by atoms with Gasteiger partial charge in [-0.2, -0.15) is 0 Å². The van der Waals surface area contributed by atoms with Crippen molar-refractivity contribution in [2.24, 2.45) is 0 Å². The summed E-state index contributed by atoms with van der Waals surface area (Å²) < 4.78 is 8.26. The monoisotopic (exact) mass is 489 g/mol. The van der Waals surface area contributed by atoms with Crippen molar-refractivity contribution in [3.63, 3.8) is 0 Å². The summed E-state index contributed by atoms with van der Waals surface area (Å²) in [5.74, 6) is 0. The molecule has 0 saturated carbocycles. The molecule has 0 saturated heterocycles. The predicted octanol–water partition coefficient (Wildman–Crippen LogP) is -0.502. The summed E-state index contributed by atoms with van der Waals surface area (Å²) in [6, 6.07) is 0. The first-order valence-electron chi connectivity index (χ1n) is 0.167. The minimum absolute atomic E-state index is 0. The molecule has 0 aromatic carbocycles. The zero-order valence-electron chi connectivity index (χ0n) is 1.55. The van der Waals surface area contributed by atoms with Gasteiger partial charge < -0.3 is 0 Å². The van der Waals surface area contributed by atoms with E-state index in [2.05, 4.69) is 0 Å². The molecular formula is BiErMoO. The van der Waals surface area contributed by atoms with Crippen LogP contribution in [0.4, 0.5) is 0 Å². The Bertz CT molecular complexity index is 8.00. The molecular weight excluding hydrogens is 488 g/mol. The van der Waals surface area contributed by atoms with E-state index in [0.29, 0.717) is 19.8 Å². The van der Waals surface area contributed by atoms with Gasteiger partial charge in [-0.15, -0.1) is 0 Å². The van der Waals surface area contributed by atoms with Crippen molar-refractivity contribution < 1.29 is 60.5 Å². The van der Waals surface area contributed by atoms with Gasteiger partial charge in [0.05, 0.1) is 0 Å². The molecule has 0 spiro atoms. The van der Waals surface area contributed by atoms with Crippen molar-refractivity contribution in [2.45, 2.75) is 0 Å². The van der Waals surface area contributed by atoms with E-state index in [1.165, 1.54) is 0 Å². The molecule has 0 fully saturated rings. The summed E-state index contributed by atoms with van der Waals surface area (Å²) >= 11 is 0.700. The second kappa shape index (κ2) is 17.5. The molecule has 0 bridgehead atoms. The molecule has 29 valence electrons. The van der Waals surface area contributed by atoms with E-state index in [9.17, 15) is 0 Å². The Labute approximate surface area is 84.8 Å². The predicted molar refractivity (Wildman–Crippen MR) is 6.44 cm³/mol. The SMILES string of the molecule is [Bi].[Er].[O]=[Mo]. The van der Waals surface area contributed by atoms with Gasteiger partial charge in [-0.25, -0.2) is 0 Å². The van der Waals surface area contributed by atoms with Crippen molar-refractivity contribution in [2.75, 3.05) is 0 Å². The van der Waals surface area contributed by atoms with Gasteiger partial charge in [-0.05, 0) is 0 Å². The molecule has 0 unspecified atom stereocenters. The molecule has 4 heteroatoms. The van der Waals surface area contributed by atoms with E-state index in [-0.39, 0.29) is 63.5 Å². The van der Waals surface area contributed by atoms with Crippen molar-refractivity contribution in [3.05, 3.63) is 0 Å². The van der Waals surface area contributed by atoms with E-state index in [4.69, 9.17) is 3.40 Å². The Morgan fingerprint density at radius 2 is 1.25 bits per heavy atom. The van der Waals surface area contributed by atoms with Crippen LogP contribution in [-0.4, -0.2) is 26.2 Å². The number of hydrogen-bond donors (Lipinski definition) is 0. The normalized spacial score (nSPS) is 1.00. The average molecular weight is 488 g/mol. The zero-order valence-corrected chi connectivity index (χ0v) is 8.89. The van der Waals surface area contributed by atoms with E-state index in [0.717, 1.165) is 0 Å². The molecule has 0 atom stereocenters. The fraction of sp³-hybridized carbons (Fsp3) is 0. The minimum atomic E-state index is 0. The van der Waals surface area contributed by atoms with Crippen LogP contribution in [0.5, 0.6) is 0 Å². The van der Waals surface area contributed by atoms with Crippen LogP contribution in [0.1, 0.15) is 0 Å². The zero-order chi connectivity index (χ0) is 2.00. The van der Waals surface area contributed by atoms with Crippen molar-refractivity contribution in [1.82, 2.24) is 0 Å². The molecule has 0 aliphatic rings. The van der Waals surface area contributed by atoms with E-state index in [1.54, 1.807) is 0 Å². The van der Waals surface area contributed by atoms with Gasteiger partial charge in [0.25, 0.3) is 0 Å². The molecule has 0 amide bonds. The summed E-state index contributed by atoms with van der Waals surface area (Å²) in [4.78, 5) is 0. The second-order valence-electron chi connectivity index (χ2n) is 0. The molecule has 0 heterocycles. The first kappa shape index (κ1) is 16.0. The molecule has 4 heavy (non-hydrogen) atoms. The van der Waals surface area contributed by atoms with Gasteiger partial charge >= 0.3 is 23.2 Å².